The summed E-state index contributed by atoms with van der Waals surface area (Å²) in [4.78, 5) is 0. The molecule has 32 heavy (non-hydrogen) atoms. The number of thiocarbonyl (C=S) groups is 1. The Kier molecular flexibility index (Phi) is 13.8. The van der Waals surface area contributed by atoms with Gasteiger partial charge in [0.15, 0.2) is 5.11 Å². The van der Waals surface area contributed by atoms with Gasteiger partial charge in [0.2, 0.25) is 0 Å². The van der Waals surface area contributed by atoms with Gasteiger partial charge in [0.1, 0.15) is 0 Å². The SMILES string of the molecule is CCCCCCCCc1ccc(NC(=S)Nc2ccc(CCCCCCCC)cc2)cc1. The van der Waals surface area contributed by atoms with Crippen molar-refractivity contribution < 1.29 is 0 Å². The molecule has 0 aromatic heterocycles. The molecular weight excluding hydrogens is 408 g/mol. The van der Waals surface area contributed by atoms with Gasteiger partial charge in [-0.05, 0) is 73.3 Å². The largest absolute Gasteiger partial charge is 0.332 e. The maximum atomic E-state index is 5.50. The van der Waals surface area contributed by atoms with Crippen molar-refractivity contribution in [3.05, 3.63) is 59.7 Å². The smallest absolute Gasteiger partial charge is 0.175 e. The van der Waals surface area contributed by atoms with Gasteiger partial charge in [0.25, 0.3) is 0 Å². The summed E-state index contributed by atoms with van der Waals surface area (Å²) in [6.45, 7) is 4.54. The first kappa shape index (κ1) is 26.4. The minimum Gasteiger partial charge on any atom is -0.332 e. The molecule has 0 bridgehead atoms. The highest BCUT2D eigenvalue weighted by Crippen LogP contribution is 2.16. The highest BCUT2D eigenvalue weighted by Gasteiger charge is 2.01. The monoisotopic (exact) mass is 452 g/mol. The number of hydrogen-bond donors (Lipinski definition) is 2. The van der Waals surface area contributed by atoms with Crippen LogP contribution in [0.4, 0.5) is 11.4 Å². The van der Waals surface area contributed by atoms with Gasteiger partial charge in [-0.15, -0.1) is 0 Å². The Bertz CT molecular complexity index is 673. The summed E-state index contributed by atoms with van der Waals surface area (Å²) in [5, 5.41) is 7.24. The lowest BCUT2D eigenvalue weighted by Crippen LogP contribution is -2.19. The van der Waals surface area contributed by atoms with Gasteiger partial charge in [-0.2, -0.15) is 0 Å². The first-order chi connectivity index (χ1) is 15.7. The van der Waals surface area contributed by atoms with Crippen molar-refractivity contribution in [3.63, 3.8) is 0 Å². The molecule has 2 nitrogen and oxygen atoms in total. The molecule has 0 saturated carbocycles. The Morgan fingerprint density at radius 2 is 0.875 bits per heavy atom. The summed E-state index contributed by atoms with van der Waals surface area (Å²) in [6, 6.07) is 17.4. The van der Waals surface area contributed by atoms with Crippen LogP contribution in [0.5, 0.6) is 0 Å². The van der Waals surface area contributed by atoms with Crippen LogP contribution in [0, 0.1) is 0 Å². The van der Waals surface area contributed by atoms with Crippen LogP contribution in [-0.4, -0.2) is 5.11 Å². The van der Waals surface area contributed by atoms with Crippen LogP contribution in [0.1, 0.15) is 102 Å². The van der Waals surface area contributed by atoms with E-state index in [0.29, 0.717) is 5.11 Å². The summed E-state index contributed by atoms with van der Waals surface area (Å²) < 4.78 is 0. The molecule has 0 amide bonds. The van der Waals surface area contributed by atoms with E-state index in [0.717, 1.165) is 11.4 Å². The minimum atomic E-state index is 0.636. The predicted octanol–water partition coefficient (Wildman–Crippen LogP) is 9.30. The molecule has 0 unspecified atom stereocenters. The Hall–Kier alpha value is -1.87. The van der Waals surface area contributed by atoms with Gasteiger partial charge < -0.3 is 10.6 Å². The molecule has 3 heteroatoms. The zero-order valence-corrected chi connectivity index (χ0v) is 21.2. The molecule has 2 aromatic carbocycles. The van der Waals surface area contributed by atoms with Crippen molar-refractivity contribution in [2.45, 2.75) is 104 Å². The first-order valence-electron chi connectivity index (χ1n) is 13.0. The summed E-state index contributed by atoms with van der Waals surface area (Å²) in [5.74, 6) is 0. The van der Waals surface area contributed by atoms with Gasteiger partial charge in [0.05, 0.1) is 0 Å². The quantitative estimate of drug-likeness (QED) is 0.196. The predicted molar refractivity (Wildman–Crippen MR) is 147 cm³/mol. The van der Waals surface area contributed by atoms with Crippen molar-refractivity contribution in [3.8, 4) is 0 Å². The molecule has 0 atom stereocenters. The normalized spacial score (nSPS) is 10.8. The van der Waals surface area contributed by atoms with Crippen LogP contribution in [-0.2, 0) is 12.8 Å². The van der Waals surface area contributed by atoms with E-state index in [9.17, 15) is 0 Å². The van der Waals surface area contributed by atoms with Gasteiger partial charge >= 0.3 is 0 Å². The summed E-state index contributed by atoms with van der Waals surface area (Å²) in [7, 11) is 0. The molecule has 0 aliphatic carbocycles. The Balaban J connectivity index is 1.65. The van der Waals surface area contributed by atoms with E-state index < -0.39 is 0 Å². The maximum Gasteiger partial charge on any atom is 0.175 e. The van der Waals surface area contributed by atoms with Crippen molar-refractivity contribution in [1.29, 1.82) is 0 Å². The number of rotatable bonds is 16. The lowest BCUT2D eigenvalue weighted by molar-refractivity contribution is 0.607. The van der Waals surface area contributed by atoms with E-state index in [4.69, 9.17) is 12.2 Å². The molecule has 2 aromatic rings. The van der Waals surface area contributed by atoms with Crippen LogP contribution < -0.4 is 10.6 Å². The molecule has 2 N–H and O–H groups in total. The second-order valence-corrected chi connectivity index (χ2v) is 9.42. The minimum absolute atomic E-state index is 0.636. The maximum absolute atomic E-state index is 5.50. The van der Waals surface area contributed by atoms with Crippen molar-refractivity contribution in [1.82, 2.24) is 0 Å². The fourth-order valence-electron chi connectivity index (χ4n) is 4.02. The molecule has 0 heterocycles. The van der Waals surface area contributed by atoms with Gasteiger partial charge in [-0.25, -0.2) is 0 Å². The van der Waals surface area contributed by atoms with Crippen LogP contribution in [0.15, 0.2) is 48.5 Å². The third kappa shape index (κ3) is 11.7. The number of nitrogens with one attached hydrogen (secondary N) is 2. The topological polar surface area (TPSA) is 24.1 Å². The third-order valence-corrected chi connectivity index (χ3v) is 6.27. The number of hydrogen-bond acceptors (Lipinski definition) is 1. The van der Waals surface area contributed by atoms with Gasteiger partial charge in [-0.1, -0.05) is 102 Å². The van der Waals surface area contributed by atoms with E-state index in [1.165, 1.54) is 101 Å². The summed E-state index contributed by atoms with van der Waals surface area (Å²) >= 11 is 5.50. The van der Waals surface area contributed by atoms with E-state index >= 15 is 0 Å². The van der Waals surface area contributed by atoms with E-state index in [1.807, 2.05) is 0 Å². The van der Waals surface area contributed by atoms with Crippen LogP contribution in [0.2, 0.25) is 0 Å². The Morgan fingerprint density at radius 1 is 0.531 bits per heavy atom. The zero-order chi connectivity index (χ0) is 22.9. The third-order valence-electron chi connectivity index (χ3n) is 6.06. The number of unbranched alkanes of at least 4 members (excludes halogenated alkanes) is 10. The highest BCUT2D eigenvalue weighted by atomic mass is 32.1. The molecular formula is C29H44N2S. The van der Waals surface area contributed by atoms with Crippen molar-refractivity contribution >= 4 is 28.7 Å². The molecule has 0 aliphatic rings. The average molecular weight is 453 g/mol. The Morgan fingerprint density at radius 3 is 1.25 bits per heavy atom. The van der Waals surface area contributed by atoms with E-state index in [2.05, 4.69) is 73.0 Å². The zero-order valence-electron chi connectivity index (χ0n) is 20.4. The first-order valence-corrected chi connectivity index (χ1v) is 13.4. The number of benzene rings is 2. The highest BCUT2D eigenvalue weighted by molar-refractivity contribution is 7.80. The number of anilines is 2. The molecule has 0 aliphatic heterocycles. The molecule has 0 saturated heterocycles. The molecule has 0 radical (unpaired) electrons. The van der Waals surface area contributed by atoms with Crippen molar-refractivity contribution in [2.24, 2.45) is 0 Å². The van der Waals surface area contributed by atoms with Crippen molar-refractivity contribution in [2.75, 3.05) is 10.6 Å². The molecule has 176 valence electrons. The fraction of sp³-hybridized carbons (Fsp3) is 0.552. The fourth-order valence-corrected chi connectivity index (χ4v) is 4.26. The van der Waals surface area contributed by atoms with Gasteiger partial charge in [-0.3, -0.25) is 0 Å². The number of aryl methyl sites for hydroxylation is 2. The molecule has 2 rings (SSSR count). The van der Waals surface area contributed by atoms with Gasteiger partial charge in [0, 0.05) is 11.4 Å². The van der Waals surface area contributed by atoms with E-state index in [-0.39, 0.29) is 0 Å². The molecule has 0 fully saturated rings. The van der Waals surface area contributed by atoms with E-state index in [1.54, 1.807) is 0 Å². The van der Waals surface area contributed by atoms with Crippen LogP contribution in [0.3, 0.4) is 0 Å². The second-order valence-electron chi connectivity index (χ2n) is 9.01. The lowest BCUT2D eigenvalue weighted by Gasteiger charge is -2.12. The summed E-state index contributed by atoms with van der Waals surface area (Å²) in [6.07, 6.45) is 18.5. The lowest BCUT2D eigenvalue weighted by atomic mass is 10.0. The van der Waals surface area contributed by atoms with Crippen LogP contribution >= 0.6 is 12.2 Å². The Labute approximate surface area is 202 Å². The summed E-state index contributed by atoms with van der Waals surface area (Å²) in [5.41, 5.74) is 4.89. The van der Waals surface area contributed by atoms with Crippen LogP contribution in [0.25, 0.3) is 0 Å². The average Bonchev–Trinajstić information content (AvgIpc) is 2.80. The second kappa shape index (κ2) is 16.7. The standard InChI is InChI=1S/C29H44N2S/c1-3-5-7-9-11-13-15-25-17-21-27(22-18-25)30-29(32)31-28-23-19-26(20-24-28)16-14-12-10-8-6-4-2/h17-24H,3-16H2,1-2H3,(H2,30,31,32). The molecule has 0 spiro atoms.